The molecule has 1 aliphatic carbocycles. The van der Waals surface area contributed by atoms with E-state index in [0.29, 0.717) is 6.04 Å². The fourth-order valence-electron chi connectivity index (χ4n) is 2.89. The minimum absolute atomic E-state index is 0.0561. The van der Waals surface area contributed by atoms with E-state index in [9.17, 15) is 4.79 Å². The topological polar surface area (TPSA) is 41.1 Å². The second-order valence-electron chi connectivity index (χ2n) is 5.04. The lowest BCUT2D eigenvalue weighted by molar-refractivity contribution is -0.123. The van der Waals surface area contributed by atoms with E-state index in [-0.39, 0.29) is 11.9 Å². The van der Waals surface area contributed by atoms with Crippen LogP contribution in [0, 0.1) is 0 Å². The van der Waals surface area contributed by atoms with Gasteiger partial charge in [-0.1, -0.05) is 13.3 Å². The van der Waals surface area contributed by atoms with Gasteiger partial charge in [0, 0.05) is 17.8 Å². The SMILES string of the molecule is CCSC1CCCC1NC1CCCCNC1=O. The molecular formula is C13H24N2OS. The molecule has 1 saturated heterocycles. The van der Waals surface area contributed by atoms with E-state index < -0.39 is 0 Å². The molecule has 3 atom stereocenters. The van der Waals surface area contributed by atoms with E-state index in [1.165, 1.54) is 25.0 Å². The summed E-state index contributed by atoms with van der Waals surface area (Å²) in [6.45, 7) is 3.08. The maximum absolute atomic E-state index is 11.9. The zero-order chi connectivity index (χ0) is 12.1. The Morgan fingerprint density at radius 3 is 3.00 bits per heavy atom. The molecule has 2 rings (SSSR count). The van der Waals surface area contributed by atoms with Gasteiger partial charge in [0.05, 0.1) is 6.04 Å². The number of thioether (sulfide) groups is 1. The van der Waals surface area contributed by atoms with Crippen molar-refractivity contribution in [1.82, 2.24) is 10.6 Å². The first-order chi connectivity index (χ1) is 8.31. The van der Waals surface area contributed by atoms with Crippen LogP contribution in [0.3, 0.4) is 0 Å². The quantitative estimate of drug-likeness (QED) is 0.807. The van der Waals surface area contributed by atoms with E-state index >= 15 is 0 Å². The summed E-state index contributed by atoms with van der Waals surface area (Å²) in [5.74, 6) is 1.40. The van der Waals surface area contributed by atoms with Gasteiger partial charge in [0.15, 0.2) is 0 Å². The minimum atomic E-state index is 0.0561. The molecule has 0 aromatic rings. The summed E-state index contributed by atoms with van der Waals surface area (Å²) in [6, 6.07) is 0.606. The summed E-state index contributed by atoms with van der Waals surface area (Å²) in [7, 11) is 0. The first-order valence-corrected chi connectivity index (χ1v) is 8.01. The van der Waals surface area contributed by atoms with Crippen molar-refractivity contribution in [3.05, 3.63) is 0 Å². The third-order valence-electron chi connectivity index (χ3n) is 3.78. The molecule has 1 saturated carbocycles. The van der Waals surface area contributed by atoms with Gasteiger partial charge in [-0.15, -0.1) is 0 Å². The number of hydrogen-bond donors (Lipinski definition) is 2. The van der Waals surface area contributed by atoms with Crippen molar-refractivity contribution in [2.24, 2.45) is 0 Å². The molecule has 1 heterocycles. The smallest absolute Gasteiger partial charge is 0.237 e. The molecule has 0 spiro atoms. The van der Waals surface area contributed by atoms with Crippen LogP contribution >= 0.6 is 11.8 Å². The number of rotatable bonds is 4. The van der Waals surface area contributed by atoms with Gasteiger partial charge in [0.2, 0.25) is 5.91 Å². The van der Waals surface area contributed by atoms with Gasteiger partial charge in [0.25, 0.3) is 0 Å². The van der Waals surface area contributed by atoms with Crippen molar-refractivity contribution in [3.63, 3.8) is 0 Å². The van der Waals surface area contributed by atoms with Crippen LogP contribution in [0.5, 0.6) is 0 Å². The second-order valence-corrected chi connectivity index (χ2v) is 6.55. The summed E-state index contributed by atoms with van der Waals surface area (Å²) in [5.41, 5.74) is 0. The first-order valence-electron chi connectivity index (χ1n) is 6.96. The van der Waals surface area contributed by atoms with Crippen LogP contribution < -0.4 is 10.6 Å². The van der Waals surface area contributed by atoms with Crippen LogP contribution in [0.4, 0.5) is 0 Å². The van der Waals surface area contributed by atoms with Crippen molar-refractivity contribution in [3.8, 4) is 0 Å². The average molecular weight is 256 g/mol. The summed E-state index contributed by atoms with van der Waals surface area (Å²) in [6.07, 6.45) is 7.15. The van der Waals surface area contributed by atoms with Crippen molar-refractivity contribution in [2.75, 3.05) is 12.3 Å². The molecule has 2 N–H and O–H groups in total. The molecular weight excluding hydrogens is 232 g/mol. The molecule has 98 valence electrons. The predicted octanol–water partition coefficient (Wildman–Crippen LogP) is 1.92. The summed E-state index contributed by atoms with van der Waals surface area (Å²) in [4.78, 5) is 11.9. The highest BCUT2D eigenvalue weighted by molar-refractivity contribution is 7.99. The van der Waals surface area contributed by atoms with Crippen molar-refractivity contribution < 1.29 is 4.79 Å². The fraction of sp³-hybridized carbons (Fsp3) is 0.923. The Kier molecular flexibility index (Phi) is 5.16. The highest BCUT2D eigenvalue weighted by atomic mass is 32.2. The maximum atomic E-state index is 11.9. The zero-order valence-electron chi connectivity index (χ0n) is 10.7. The number of hydrogen-bond acceptors (Lipinski definition) is 3. The zero-order valence-corrected chi connectivity index (χ0v) is 11.5. The Balaban J connectivity index is 1.87. The third kappa shape index (κ3) is 3.62. The largest absolute Gasteiger partial charge is 0.355 e. The summed E-state index contributed by atoms with van der Waals surface area (Å²) in [5, 5.41) is 7.34. The van der Waals surface area contributed by atoms with E-state index in [0.717, 1.165) is 31.1 Å². The lowest BCUT2D eigenvalue weighted by Gasteiger charge is -2.25. The number of amides is 1. The maximum Gasteiger partial charge on any atom is 0.237 e. The molecule has 3 nitrogen and oxygen atoms in total. The van der Waals surface area contributed by atoms with Crippen LogP contribution in [-0.4, -0.2) is 35.5 Å². The van der Waals surface area contributed by atoms with Gasteiger partial charge in [-0.25, -0.2) is 0 Å². The fourth-order valence-corrected chi connectivity index (χ4v) is 4.10. The first kappa shape index (κ1) is 13.2. The highest BCUT2D eigenvalue weighted by Gasteiger charge is 2.31. The Labute approximate surface area is 108 Å². The molecule has 17 heavy (non-hydrogen) atoms. The number of nitrogens with one attached hydrogen (secondary N) is 2. The van der Waals surface area contributed by atoms with Crippen LogP contribution in [0.15, 0.2) is 0 Å². The molecule has 2 fully saturated rings. The third-order valence-corrected chi connectivity index (χ3v) is 5.11. The molecule has 1 amide bonds. The molecule has 4 heteroatoms. The molecule has 2 aliphatic rings. The minimum Gasteiger partial charge on any atom is -0.355 e. The molecule has 0 aromatic carbocycles. The van der Waals surface area contributed by atoms with E-state index in [1.807, 2.05) is 11.8 Å². The van der Waals surface area contributed by atoms with E-state index in [4.69, 9.17) is 0 Å². The van der Waals surface area contributed by atoms with Crippen molar-refractivity contribution >= 4 is 17.7 Å². The second kappa shape index (κ2) is 6.64. The van der Waals surface area contributed by atoms with Gasteiger partial charge in [-0.05, 0) is 37.9 Å². The van der Waals surface area contributed by atoms with Gasteiger partial charge < -0.3 is 10.6 Å². The summed E-state index contributed by atoms with van der Waals surface area (Å²) < 4.78 is 0. The molecule has 1 aliphatic heterocycles. The normalized spacial score (nSPS) is 34.4. The Bertz CT molecular complexity index is 260. The van der Waals surface area contributed by atoms with Gasteiger partial charge >= 0.3 is 0 Å². The van der Waals surface area contributed by atoms with Gasteiger partial charge in [-0.2, -0.15) is 11.8 Å². The monoisotopic (exact) mass is 256 g/mol. The average Bonchev–Trinajstić information content (AvgIpc) is 2.64. The highest BCUT2D eigenvalue weighted by Crippen LogP contribution is 2.30. The standard InChI is InChI=1S/C13H24N2OS/c1-2-17-12-8-5-7-10(12)15-11-6-3-4-9-14-13(11)16/h10-12,15H,2-9H2,1H3,(H,14,16). The Morgan fingerprint density at radius 1 is 1.29 bits per heavy atom. The molecule has 0 bridgehead atoms. The van der Waals surface area contributed by atoms with Crippen molar-refractivity contribution in [1.29, 1.82) is 0 Å². The van der Waals surface area contributed by atoms with E-state index in [2.05, 4.69) is 17.6 Å². The van der Waals surface area contributed by atoms with Gasteiger partial charge in [-0.3, -0.25) is 4.79 Å². The Morgan fingerprint density at radius 2 is 2.18 bits per heavy atom. The van der Waals surface area contributed by atoms with Crippen LogP contribution in [-0.2, 0) is 4.79 Å². The lowest BCUT2D eigenvalue weighted by atomic mass is 10.1. The molecule has 0 aromatic heterocycles. The molecule has 0 radical (unpaired) electrons. The summed E-state index contributed by atoms with van der Waals surface area (Å²) >= 11 is 2.05. The predicted molar refractivity (Wildman–Crippen MR) is 73.3 cm³/mol. The lowest BCUT2D eigenvalue weighted by Crippen LogP contribution is -2.49. The van der Waals surface area contributed by atoms with Crippen molar-refractivity contribution in [2.45, 2.75) is 62.8 Å². The number of carbonyl (C=O) groups excluding carboxylic acids is 1. The van der Waals surface area contributed by atoms with Gasteiger partial charge in [0.1, 0.15) is 0 Å². The van der Waals surface area contributed by atoms with Crippen LogP contribution in [0.2, 0.25) is 0 Å². The van der Waals surface area contributed by atoms with E-state index in [1.54, 1.807) is 0 Å². The molecule has 3 unspecified atom stereocenters. The van der Waals surface area contributed by atoms with Crippen LogP contribution in [0.25, 0.3) is 0 Å². The number of carbonyl (C=O) groups is 1. The Hall–Kier alpha value is -0.220. The van der Waals surface area contributed by atoms with Crippen LogP contribution in [0.1, 0.15) is 45.4 Å².